The topological polar surface area (TPSA) is 43.4 Å². The van der Waals surface area contributed by atoms with Crippen molar-refractivity contribution in [2.24, 2.45) is 17.8 Å². The standard InChI is InChI=1S/C32H44O3SSi/c1-7-8-15-36(33,34)30-12-10-9-11-27(30)26-13-14-29(35-37(5,6)31(2,3)4)28(19-26)32-20-23-16-24(21-32)18-25(17-23)22-32/h8-15,19,23-25H,7,16-18,20-22H2,1-6H3. The number of sulfone groups is 1. The van der Waals surface area contributed by atoms with Crippen LogP contribution in [-0.4, -0.2) is 16.7 Å². The molecule has 37 heavy (non-hydrogen) atoms. The van der Waals surface area contributed by atoms with Crippen molar-refractivity contribution >= 4 is 18.2 Å². The van der Waals surface area contributed by atoms with Gasteiger partial charge in [0.1, 0.15) is 5.75 Å². The van der Waals surface area contributed by atoms with Crippen molar-refractivity contribution in [1.82, 2.24) is 0 Å². The van der Waals surface area contributed by atoms with E-state index in [2.05, 4.69) is 52.1 Å². The molecule has 0 heterocycles. The Bertz CT molecular complexity index is 1260. The largest absolute Gasteiger partial charge is 0.543 e. The van der Waals surface area contributed by atoms with Crippen molar-refractivity contribution in [3.63, 3.8) is 0 Å². The monoisotopic (exact) mass is 536 g/mol. The molecule has 0 aliphatic heterocycles. The Morgan fingerprint density at radius 1 is 0.973 bits per heavy atom. The fourth-order valence-electron chi connectivity index (χ4n) is 7.32. The van der Waals surface area contributed by atoms with E-state index in [0.29, 0.717) is 11.3 Å². The second kappa shape index (κ2) is 9.41. The lowest BCUT2D eigenvalue weighted by Gasteiger charge is -2.57. The first-order valence-electron chi connectivity index (χ1n) is 14.2. The Labute approximate surface area is 225 Å². The minimum absolute atomic E-state index is 0.108. The minimum Gasteiger partial charge on any atom is -0.543 e. The molecule has 5 heteroatoms. The van der Waals surface area contributed by atoms with Crippen LogP contribution in [-0.2, 0) is 15.3 Å². The van der Waals surface area contributed by atoms with E-state index < -0.39 is 18.2 Å². The molecule has 200 valence electrons. The van der Waals surface area contributed by atoms with Gasteiger partial charge in [-0.25, -0.2) is 8.42 Å². The van der Waals surface area contributed by atoms with Crippen LogP contribution < -0.4 is 4.43 Å². The Morgan fingerprint density at radius 2 is 1.57 bits per heavy atom. The van der Waals surface area contributed by atoms with Gasteiger partial charge in [-0.1, -0.05) is 58.0 Å². The quantitative estimate of drug-likeness (QED) is 0.332. The average Bonchev–Trinajstić information content (AvgIpc) is 2.81. The van der Waals surface area contributed by atoms with Crippen LogP contribution in [0, 0.1) is 17.8 Å². The molecule has 4 bridgehead atoms. The molecule has 0 saturated heterocycles. The van der Waals surface area contributed by atoms with E-state index >= 15 is 0 Å². The van der Waals surface area contributed by atoms with Crippen LogP contribution in [0.4, 0.5) is 0 Å². The third-order valence-electron chi connectivity index (χ3n) is 9.78. The summed E-state index contributed by atoms with van der Waals surface area (Å²) in [7, 11) is -5.57. The molecule has 2 aromatic carbocycles. The lowest BCUT2D eigenvalue weighted by molar-refractivity contribution is -0.00584. The molecule has 2 aromatic rings. The first kappa shape index (κ1) is 26.7. The molecule has 3 nitrogen and oxygen atoms in total. The van der Waals surface area contributed by atoms with Gasteiger partial charge in [0.15, 0.2) is 9.84 Å². The Hall–Kier alpha value is -1.85. The molecule has 0 spiro atoms. The number of rotatable bonds is 7. The second-order valence-corrected chi connectivity index (χ2v) is 20.1. The first-order valence-corrected chi connectivity index (χ1v) is 18.6. The fourth-order valence-corrected chi connectivity index (χ4v) is 9.71. The van der Waals surface area contributed by atoms with Gasteiger partial charge in [0.25, 0.3) is 0 Å². The van der Waals surface area contributed by atoms with Crippen LogP contribution in [0.2, 0.25) is 18.1 Å². The van der Waals surface area contributed by atoms with E-state index in [1.54, 1.807) is 12.1 Å². The molecule has 4 saturated carbocycles. The maximum absolute atomic E-state index is 13.3. The predicted molar refractivity (Wildman–Crippen MR) is 156 cm³/mol. The van der Waals surface area contributed by atoms with Gasteiger partial charge in [-0.15, -0.1) is 0 Å². The summed E-state index contributed by atoms with van der Waals surface area (Å²) in [4.78, 5) is 0.384. The van der Waals surface area contributed by atoms with Crippen molar-refractivity contribution in [3.05, 3.63) is 59.5 Å². The number of allylic oxidation sites excluding steroid dienone is 1. The van der Waals surface area contributed by atoms with Crippen molar-refractivity contribution < 1.29 is 12.8 Å². The highest BCUT2D eigenvalue weighted by Crippen LogP contribution is 2.62. The van der Waals surface area contributed by atoms with Crippen LogP contribution in [0.5, 0.6) is 5.75 Å². The fraction of sp³-hybridized carbons (Fsp3) is 0.562. The van der Waals surface area contributed by atoms with E-state index in [0.717, 1.165) is 34.6 Å². The highest BCUT2D eigenvalue weighted by Gasteiger charge is 2.53. The van der Waals surface area contributed by atoms with Crippen LogP contribution in [0.3, 0.4) is 0 Å². The van der Waals surface area contributed by atoms with E-state index in [-0.39, 0.29) is 10.5 Å². The molecular weight excluding hydrogens is 493 g/mol. The van der Waals surface area contributed by atoms with Crippen molar-refractivity contribution in [2.75, 3.05) is 0 Å². The SMILES string of the molecule is CCC=CS(=O)(=O)c1ccccc1-c1ccc(O[Si](C)(C)C(C)(C)C)c(C23CC4CC(CC(C4)C2)C3)c1. The van der Waals surface area contributed by atoms with Gasteiger partial charge in [-0.05, 0) is 116 Å². The molecule has 4 aliphatic carbocycles. The van der Waals surface area contributed by atoms with Crippen molar-refractivity contribution in [1.29, 1.82) is 0 Å². The third-order valence-corrected chi connectivity index (χ3v) is 15.6. The Morgan fingerprint density at radius 3 is 2.14 bits per heavy atom. The molecular formula is C32H44O3SSi. The van der Waals surface area contributed by atoms with Crippen molar-refractivity contribution in [3.8, 4) is 16.9 Å². The summed E-state index contributed by atoms with van der Waals surface area (Å²) < 4.78 is 33.5. The second-order valence-electron chi connectivity index (χ2n) is 13.6. The zero-order valence-electron chi connectivity index (χ0n) is 23.5. The van der Waals surface area contributed by atoms with Gasteiger partial charge in [0.05, 0.1) is 4.90 Å². The summed E-state index contributed by atoms with van der Waals surface area (Å²) in [5.74, 6) is 3.51. The summed E-state index contributed by atoms with van der Waals surface area (Å²) in [5.41, 5.74) is 3.26. The predicted octanol–water partition coefficient (Wildman–Crippen LogP) is 8.90. The van der Waals surface area contributed by atoms with Gasteiger partial charge in [0.2, 0.25) is 8.32 Å². The summed E-state index contributed by atoms with van der Waals surface area (Å²) in [5, 5.41) is 1.47. The lowest BCUT2D eigenvalue weighted by Crippen LogP contribution is -2.49. The van der Waals surface area contributed by atoms with Gasteiger partial charge in [-0.3, -0.25) is 0 Å². The first-order chi connectivity index (χ1) is 17.3. The van der Waals surface area contributed by atoms with E-state index in [1.807, 2.05) is 25.1 Å². The molecule has 0 amide bonds. The molecule has 0 N–H and O–H groups in total. The average molecular weight is 537 g/mol. The van der Waals surface area contributed by atoms with Crippen LogP contribution >= 0.6 is 0 Å². The van der Waals surface area contributed by atoms with Gasteiger partial charge in [-0.2, -0.15) is 0 Å². The molecule has 6 rings (SSSR count). The lowest BCUT2D eigenvalue weighted by atomic mass is 9.48. The highest BCUT2D eigenvalue weighted by molar-refractivity contribution is 7.94. The Kier molecular flexibility index (Phi) is 6.80. The number of benzene rings is 2. The molecule has 0 atom stereocenters. The maximum atomic E-state index is 13.3. The van der Waals surface area contributed by atoms with Crippen LogP contribution in [0.25, 0.3) is 11.1 Å². The van der Waals surface area contributed by atoms with E-state index in [4.69, 9.17) is 4.43 Å². The van der Waals surface area contributed by atoms with E-state index in [1.165, 1.54) is 49.5 Å². The van der Waals surface area contributed by atoms with Crippen molar-refractivity contribution in [2.45, 2.75) is 101 Å². The normalized spacial score (nSPS) is 27.7. The Balaban J connectivity index is 1.66. The van der Waals surface area contributed by atoms with Gasteiger partial charge < -0.3 is 4.43 Å². The van der Waals surface area contributed by atoms with Crippen LogP contribution in [0.15, 0.2) is 58.8 Å². The number of hydrogen-bond acceptors (Lipinski definition) is 3. The minimum atomic E-state index is -3.52. The van der Waals surface area contributed by atoms with Gasteiger partial charge in [0, 0.05) is 11.0 Å². The summed E-state index contributed by atoms with van der Waals surface area (Å²) in [6, 6.07) is 14.0. The van der Waals surface area contributed by atoms with Gasteiger partial charge >= 0.3 is 0 Å². The molecule has 0 aromatic heterocycles. The number of hydrogen-bond donors (Lipinski definition) is 0. The molecule has 0 unspecified atom stereocenters. The van der Waals surface area contributed by atoms with E-state index in [9.17, 15) is 8.42 Å². The van der Waals surface area contributed by atoms with Crippen LogP contribution in [0.1, 0.15) is 78.2 Å². The zero-order valence-corrected chi connectivity index (χ0v) is 25.3. The molecule has 4 fully saturated rings. The summed E-state index contributed by atoms with van der Waals surface area (Å²) >= 11 is 0. The molecule has 4 aliphatic rings. The zero-order chi connectivity index (χ0) is 26.6. The maximum Gasteiger partial charge on any atom is 0.250 e. The molecule has 0 radical (unpaired) electrons. The smallest absolute Gasteiger partial charge is 0.250 e. The third kappa shape index (κ3) is 4.98. The summed E-state index contributed by atoms with van der Waals surface area (Å²) in [6.45, 7) is 13.5. The highest BCUT2D eigenvalue weighted by atomic mass is 32.2. The summed E-state index contributed by atoms with van der Waals surface area (Å²) in [6.07, 6.45) is 10.3.